The third-order valence-electron chi connectivity index (χ3n) is 2.84. The zero-order chi connectivity index (χ0) is 13.2. The van der Waals surface area contributed by atoms with E-state index in [1.807, 2.05) is 30.3 Å². The average molecular weight is 272 g/mol. The molecule has 0 N–H and O–H groups in total. The highest BCUT2D eigenvalue weighted by molar-refractivity contribution is 6.27. The summed E-state index contributed by atoms with van der Waals surface area (Å²) in [5.74, 6) is 0.914. The van der Waals surface area contributed by atoms with Gasteiger partial charge in [0.05, 0.1) is 6.61 Å². The van der Waals surface area contributed by atoms with Gasteiger partial charge < -0.3 is 9.16 Å². The van der Waals surface area contributed by atoms with Crippen LogP contribution in [0.4, 0.5) is 0 Å². The van der Waals surface area contributed by atoms with Crippen molar-refractivity contribution < 1.29 is 9.16 Å². The quantitative estimate of drug-likeness (QED) is 0.543. The number of rotatable bonds is 8. The SMILES string of the molecule is c1ccc(CC[SiH2]OCCOc2ccccc2)cc1. The van der Waals surface area contributed by atoms with Crippen LogP contribution in [0.3, 0.4) is 0 Å². The van der Waals surface area contributed by atoms with E-state index in [4.69, 9.17) is 9.16 Å². The van der Waals surface area contributed by atoms with Crippen molar-refractivity contribution in [2.24, 2.45) is 0 Å². The zero-order valence-corrected chi connectivity index (χ0v) is 12.5. The van der Waals surface area contributed by atoms with Crippen molar-refractivity contribution in [3.63, 3.8) is 0 Å². The van der Waals surface area contributed by atoms with E-state index in [1.165, 1.54) is 11.6 Å². The monoisotopic (exact) mass is 272 g/mol. The number of benzene rings is 2. The normalized spacial score (nSPS) is 10.9. The summed E-state index contributed by atoms with van der Waals surface area (Å²) in [6.07, 6.45) is 1.13. The van der Waals surface area contributed by atoms with Crippen LogP contribution in [0.2, 0.25) is 6.04 Å². The summed E-state index contributed by atoms with van der Waals surface area (Å²) in [7, 11) is -0.413. The van der Waals surface area contributed by atoms with E-state index < -0.39 is 9.76 Å². The summed E-state index contributed by atoms with van der Waals surface area (Å²) in [6, 6.07) is 21.6. The van der Waals surface area contributed by atoms with Crippen LogP contribution in [-0.2, 0) is 10.8 Å². The summed E-state index contributed by atoms with van der Waals surface area (Å²) in [6.45, 7) is 1.35. The lowest BCUT2D eigenvalue weighted by Gasteiger charge is -2.07. The minimum Gasteiger partial charge on any atom is -0.491 e. The molecule has 2 aromatic carbocycles. The highest BCUT2D eigenvalue weighted by Gasteiger charge is 1.95. The molecule has 3 heteroatoms. The first-order valence-electron chi connectivity index (χ1n) is 6.75. The van der Waals surface area contributed by atoms with E-state index in [1.54, 1.807) is 0 Å². The molecule has 0 aliphatic rings. The second-order valence-electron chi connectivity index (χ2n) is 4.36. The van der Waals surface area contributed by atoms with Gasteiger partial charge in [-0.05, 0) is 30.2 Å². The number of ether oxygens (including phenoxy) is 1. The maximum absolute atomic E-state index is 5.69. The predicted molar refractivity (Wildman–Crippen MR) is 81.4 cm³/mol. The molecule has 0 unspecified atom stereocenters. The summed E-state index contributed by atoms with van der Waals surface area (Å²) in [5, 5.41) is 0. The smallest absolute Gasteiger partial charge is 0.162 e. The predicted octanol–water partition coefficient (Wildman–Crippen LogP) is 2.83. The lowest BCUT2D eigenvalue weighted by molar-refractivity contribution is 0.223. The van der Waals surface area contributed by atoms with Gasteiger partial charge in [0.1, 0.15) is 12.4 Å². The molecule has 0 amide bonds. The fraction of sp³-hybridized carbons (Fsp3) is 0.250. The highest BCUT2D eigenvalue weighted by atomic mass is 28.2. The Morgan fingerprint density at radius 3 is 2.21 bits per heavy atom. The summed E-state index contributed by atoms with van der Waals surface area (Å²) in [5.41, 5.74) is 1.40. The molecular weight excluding hydrogens is 252 g/mol. The van der Waals surface area contributed by atoms with Gasteiger partial charge in [-0.25, -0.2) is 0 Å². The van der Waals surface area contributed by atoms with Gasteiger partial charge in [-0.2, -0.15) is 0 Å². The van der Waals surface area contributed by atoms with E-state index in [0.717, 1.165) is 12.2 Å². The molecule has 19 heavy (non-hydrogen) atoms. The molecule has 0 heterocycles. The van der Waals surface area contributed by atoms with Gasteiger partial charge in [-0.1, -0.05) is 48.5 Å². The van der Waals surface area contributed by atoms with E-state index in [2.05, 4.69) is 30.3 Å². The largest absolute Gasteiger partial charge is 0.491 e. The van der Waals surface area contributed by atoms with Crippen molar-refractivity contribution in [2.45, 2.75) is 12.5 Å². The van der Waals surface area contributed by atoms with Crippen molar-refractivity contribution in [3.8, 4) is 5.75 Å². The van der Waals surface area contributed by atoms with Crippen LogP contribution in [0.25, 0.3) is 0 Å². The molecular formula is C16H20O2Si. The fourth-order valence-corrected chi connectivity index (χ4v) is 2.94. The van der Waals surface area contributed by atoms with Crippen LogP contribution in [0.1, 0.15) is 5.56 Å². The Labute approximate surface area is 117 Å². The van der Waals surface area contributed by atoms with Crippen molar-refractivity contribution >= 4 is 9.76 Å². The minimum absolute atomic E-state index is 0.413. The first-order valence-corrected chi connectivity index (χ1v) is 8.32. The molecule has 100 valence electrons. The maximum Gasteiger partial charge on any atom is 0.162 e. The van der Waals surface area contributed by atoms with Crippen molar-refractivity contribution in [2.75, 3.05) is 13.2 Å². The molecule has 0 saturated heterocycles. The van der Waals surface area contributed by atoms with Gasteiger partial charge in [0, 0.05) is 0 Å². The highest BCUT2D eigenvalue weighted by Crippen LogP contribution is 2.07. The van der Waals surface area contributed by atoms with Crippen molar-refractivity contribution in [3.05, 3.63) is 66.2 Å². The van der Waals surface area contributed by atoms with Gasteiger partial charge in [-0.3, -0.25) is 0 Å². The Morgan fingerprint density at radius 1 is 0.789 bits per heavy atom. The molecule has 0 aromatic heterocycles. The van der Waals surface area contributed by atoms with Crippen LogP contribution in [-0.4, -0.2) is 23.0 Å². The third kappa shape index (κ3) is 5.72. The summed E-state index contributed by atoms with van der Waals surface area (Å²) in [4.78, 5) is 0. The average Bonchev–Trinajstić information content (AvgIpc) is 2.48. The zero-order valence-electron chi connectivity index (χ0n) is 11.1. The van der Waals surface area contributed by atoms with Crippen molar-refractivity contribution in [1.82, 2.24) is 0 Å². The standard InChI is InChI=1S/C16H20O2Si/c1-3-7-15(8-4-1)11-14-19-18-13-12-17-16-9-5-2-6-10-16/h1-10H,11-14,19H2. The number of hydrogen-bond donors (Lipinski definition) is 0. The number of aryl methyl sites for hydroxylation is 1. The Balaban J connectivity index is 1.49. The summed E-state index contributed by atoms with van der Waals surface area (Å²) >= 11 is 0. The van der Waals surface area contributed by atoms with E-state index in [9.17, 15) is 0 Å². The van der Waals surface area contributed by atoms with E-state index in [-0.39, 0.29) is 0 Å². The maximum atomic E-state index is 5.69. The molecule has 0 aliphatic carbocycles. The molecule has 2 nitrogen and oxygen atoms in total. The lowest BCUT2D eigenvalue weighted by atomic mass is 10.2. The van der Waals surface area contributed by atoms with Crippen LogP contribution < -0.4 is 4.74 Å². The Morgan fingerprint density at radius 2 is 1.47 bits per heavy atom. The Hall–Kier alpha value is -1.58. The van der Waals surface area contributed by atoms with Crippen LogP contribution >= 0.6 is 0 Å². The molecule has 0 saturated carbocycles. The molecule has 0 aliphatic heterocycles. The summed E-state index contributed by atoms with van der Waals surface area (Å²) < 4.78 is 11.3. The molecule has 0 radical (unpaired) electrons. The van der Waals surface area contributed by atoms with Gasteiger partial charge in [0.2, 0.25) is 0 Å². The van der Waals surface area contributed by atoms with E-state index in [0.29, 0.717) is 13.2 Å². The molecule has 0 fully saturated rings. The minimum atomic E-state index is -0.413. The first-order chi connectivity index (χ1) is 9.45. The third-order valence-corrected chi connectivity index (χ3v) is 4.06. The molecule has 0 atom stereocenters. The van der Waals surface area contributed by atoms with Crippen LogP contribution in [0, 0.1) is 0 Å². The van der Waals surface area contributed by atoms with E-state index >= 15 is 0 Å². The topological polar surface area (TPSA) is 18.5 Å². The van der Waals surface area contributed by atoms with Gasteiger partial charge in [0.25, 0.3) is 0 Å². The van der Waals surface area contributed by atoms with Crippen molar-refractivity contribution in [1.29, 1.82) is 0 Å². The molecule has 0 spiro atoms. The Kier molecular flexibility index (Phi) is 6.20. The van der Waals surface area contributed by atoms with Crippen LogP contribution in [0.5, 0.6) is 5.75 Å². The van der Waals surface area contributed by atoms with Crippen LogP contribution in [0.15, 0.2) is 60.7 Å². The van der Waals surface area contributed by atoms with Gasteiger partial charge in [-0.15, -0.1) is 0 Å². The molecule has 2 aromatic rings. The molecule has 0 bridgehead atoms. The fourth-order valence-electron chi connectivity index (χ4n) is 1.86. The Bertz CT molecular complexity index is 401. The molecule has 2 rings (SSSR count). The van der Waals surface area contributed by atoms with Gasteiger partial charge >= 0.3 is 0 Å². The number of para-hydroxylation sites is 1. The first kappa shape index (κ1) is 13.8. The number of hydrogen-bond acceptors (Lipinski definition) is 2. The van der Waals surface area contributed by atoms with Gasteiger partial charge in [0.15, 0.2) is 9.76 Å². The second kappa shape index (κ2) is 8.51. The lowest BCUT2D eigenvalue weighted by Crippen LogP contribution is -2.09. The second-order valence-corrected chi connectivity index (χ2v) is 5.89.